The van der Waals surface area contributed by atoms with Crippen LogP contribution in [0.3, 0.4) is 0 Å². The lowest BCUT2D eigenvalue weighted by molar-refractivity contribution is 0.590. The highest BCUT2D eigenvalue weighted by molar-refractivity contribution is 7.92. The number of fused-ring (bicyclic) bond motifs is 1. The second kappa shape index (κ2) is 5.13. The normalized spacial score (nSPS) is 20.4. The van der Waals surface area contributed by atoms with E-state index in [1.165, 1.54) is 16.1 Å². The second-order valence-electron chi connectivity index (χ2n) is 5.47. The van der Waals surface area contributed by atoms with Gasteiger partial charge in [-0.05, 0) is 50.9 Å². The molecule has 0 saturated carbocycles. The van der Waals surface area contributed by atoms with E-state index in [4.69, 9.17) is 0 Å². The molecular weight excluding hydrogens is 260 g/mol. The van der Waals surface area contributed by atoms with Gasteiger partial charge in [-0.25, -0.2) is 8.42 Å². The van der Waals surface area contributed by atoms with Crippen molar-refractivity contribution in [2.75, 3.05) is 17.6 Å². The van der Waals surface area contributed by atoms with Crippen LogP contribution in [0.1, 0.15) is 25.0 Å². The average molecular weight is 282 g/mol. The number of nitrogens with zero attached hydrogens (tertiary/aromatic N) is 1. The number of hydrogen-bond acceptors (Lipinski definition) is 3. The molecule has 1 N–H and O–H groups in total. The third-order valence-corrected chi connectivity index (χ3v) is 4.96. The molecular formula is C14H22N2O2S. The lowest BCUT2D eigenvalue weighted by atomic mass is 10.0. The van der Waals surface area contributed by atoms with Crippen LogP contribution in [-0.4, -0.2) is 33.8 Å². The van der Waals surface area contributed by atoms with Crippen molar-refractivity contribution in [1.82, 2.24) is 5.32 Å². The summed E-state index contributed by atoms with van der Waals surface area (Å²) >= 11 is 0. The molecule has 2 atom stereocenters. The molecule has 5 heteroatoms. The van der Waals surface area contributed by atoms with Gasteiger partial charge in [-0.15, -0.1) is 0 Å². The number of rotatable bonds is 4. The Morgan fingerprint density at radius 1 is 1.47 bits per heavy atom. The first-order chi connectivity index (χ1) is 8.82. The summed E-state index contributed by atoms with van der Waals surface area (Å²) < 4.78 is 25.2. The molecule has 106 valence electrons. The van der Waals surface area contributed by atoms with E-state index >= 15 is 0 Å². The Kier molecular flexibility index (Phi) is 3.87. The van der Waals surface area contributed by atoms with E-state index < -0.39 is 10.0 Å². The molecule has 1 aromatic rings. The molecule has 1 aliphatic rings. The number of anilines is 1. The first-order valence-electron chi connectivity index (χ1n) is 6.61. The molecule has 1 aliphatic heterocycles. The molecule has 19 heavy (non-hydrogen) atoms. The summed E-state index contributed by atoms with van der Waals surface area (Å²) in [5.41, 5.74) is 3.23. The SMILES string of the molecule is CNC(C)Cc1ccc2c(c1)CC(C)N2S(C)(=O)=O. The third-order valence-electron chi connectivity index (χ3n) is 3.69. The summed E-state index contributed by atoms with van der Waals surface area (Å²) in [6.45, 7) is 4.09. The summed E-state index contributed by atoms with van der Waals surface area (Å²) in [5, 5.41) is 3.22. The fourth-order valence-electron chi connectivity index (χ4n) is 2.74. The van der Waals surface area contributed by atoms with Gasteiger partial charge in [-0.3, -0.25) is 4.31 Å². The zero-order valence-electron chi connectivity index (χ0n) is 12.0. The van der Waals surface area contributed by atoms with Crippen molar-refractivity contribution in [3.8, 4) is 0 Å². The Hall–Kier alpha value is -1.07. The fourth-order valence-corrected chi connectivity index (χ4v) is 4.01. The highest BCUT2D eigenvalue weighted by Crippen LogP contribution is 2.34. The number of sulfonamides is 1. The number of hydrogen-bond donors (Lipinski definition) is 1. The molecule has 2 rings (SSSR count). The van der Waals surface area contributed by atoms with Crippen molar-refractivity contribution in [1.29, 1.82) is 0 Å². The van der Waals surface area contributed by atoms with Crippen LogP contribution in [0, 0.1) is 0 Å². The van der Waals surface area contributed by atoms with Gasteiger partial charge in [0.15, 0.2) is 0 Å². The fraction of sp³-hybridized carbons (Fsp3) is 0.571. The lowest BCUT2D eigenvalue weighted by Gasteiger charge is -2.22. The summed E-state index contributed by atoms with van der Waals surface area (Å²) in [7, 11) is -1.23. The molecule has 0 amide bonds. The molecule has 0 saturated heterocycles. The van der Waals surface area contributed by atoms with E-state index in [0.29, 0.717) is 6.04 Å². The zero-order chi connectivity index (χ0) is 14.2. The quantitative estimate of drug-likeness (QED) is 0.911. The molecule has 0 aliphatic carbocycles. The average Bonchev–Trinajstić information content (AvgIpc) is 2.63. The van der Waals surface area contributed by atoms with Gasteiger partial charge in [0.2, 0.25) is 10.0 Å². The van der Waals surface area contributed by atoms with Gasteiger partial charge in [-0.2, -0.15) is 0 Å². The standard InChI is InChI=1S/C14H22N2O2S/c1-10(15-3)7-12-5-6-14-13(9-12)8-11(2)16(14)19(4,17)18/h5-6,9-11,15H,7-8H2,1-4H3. The van der Waals surface area contributed by atoms with Crippen molar-refractivity contribution in [2.45, 2.75) is 38.8 Å². The van der Waals surface area contributed by atoms with Crippen LogP contribution in [0.2, 0.25) is 0 Å². The predicted molar refractivity (Wildman–Crippen MR) is 79.2 cm³/mol. The number of likely N-dealkylation sites (N-methyl/N-ethyl adjacent to an activating group) is 1. The Balaban J connectivity index is 2.32. The van der Waals surface area contributed by atoms with Crippen molar-refractivity contribution >= 4 is 15.7 Å². The number of benzene rings is 1. The zero-order valence-corrected chi connectivity index (χ0v) is 12.8. The summed E-state index contributed by atoms with van der Waals surface area (Å²) in [6.07, 6.45) is 3.02. The van der Waals surface area contributed by atoms with Crippen LogP contribution in [0.15, 0.2) is 18.2 Å². The highest BCUT2D eigenvalue weighted by Gasteiger charge is 2.32. The molecule has 1 heterocycles. The van der Waals surface area contributed by atoms with E-state index in [2.05, 4.69) is 18.3 Å². The number of nitrogens with one attached hydrogen (secondary N) is 1. The van der Waals surface area contributed by atoms with Crippen molar-refractivity contribution in [3.63, 3.8) is 0 Å². The van der Waals surface area contributed by atoms with Crippen LogP contribution in [-0.2, 0) is 22.9 Å². The minimum absolute atomic E-state index is 0.0157. The summed E-state index contributed by atoms with van der Waals surface area (Å²) in [5.74, 6) is 0. The van der Waals surface area contributed by atoms with Crippen LogP contribution >= 0.6 is 0 Å². The molecule has 0 bridgehead atoms. The van der Waals surface area contributed by atoms with Crippen LogP contribution < -0.4 is 9.62 Å². The van der Waals surface area contributed by atoms with Crippen LogP contribution in [0.4, 0.5) is 5.69 Å². The van der Waals surface area contributed by atoms with Crippen molar-refractivity contribution < 1.29 is 8.42 Å². The van der Waals surface area contributed by atoms with E-state index in [9.17, 15) is 8.42 Å². The third kappa shape index (κ3) is 2.92. The van der Waals surface area contributed by atoms with Gasteiger partial charge in [0.05, 0.1) is 11.9 Å². The molecule has 0 fully saturated rings. The Morgan fingerprint density at radius 3 is 2.74 bits per heavy atom. The first kappa shape index (κ1) is 14.3. The van der Waals surface area contributed by atoms with Crippen molar-refractivity contribution in [2.24, 2.45) is 0 Å². The Morgan fingerprint density at radius 2 is 2.16 bits per heavy atom. The maximum absolute atomic E-state index is 11.8. The predicted octanol–water partition coefficient (Wildman–Crippen LogP) is 1.55. The van der Waals surface area contributed by atoms with E-state index in [1.807, 2.05) is 26.1 Å². The minimum atomic E-state index is -3.18. The van der Waals surface area contributed by atoms with Crippen LogP contribution in [0.5, 0.6) is 0 Å². The molecule has 0 aromatic heterocycles. The minimum Gasteiger partial charge on any atom is -0.317 e. The smallest absolute Gasteiger partial charge is 0.232 e. The molecule has 0 spiro atoms. The maximum Gasteiger partial charge on any atom is 0.232 e. The van der Waals surface area contributed by atoms with E-state index in [1.54, 1.807) is 0 Å². The first-order valence-corrected chi connectivity index (χ1v) is 8.46. The highest BCUT2D eigenvalue weighted by atomic mass is 32.2. The Labute approximate surface area is 115 Å². The van der Waals surface area contributed by atoms with Gasteiger partial charge >= 0.3 is 0 Å². The van der Waals surface area contributed by atoms with Gasteiger partial charge in [-0.1, -0.05) is 12.1 Å². The van der Waals surface area contributed by atoms with Gasteiger partial charge in [0.1, 0.15) is 0 Å². The largest absolute Gasteiger partial charge is 0.317 e. The van der Waals surface area contributed by atoms with Gasteiger partial charge in [0.25, 0.3) is 0 Å². The van der Waals surface area contributed by atoms with Crippen molar-refractivity contribution in [3.05, 3.63) is 29.3 Å². The van der Waals surface area contributed by atoms with E-state index in [0.717, 1.165) is 24.1 Å². The van der Waals surface area contributed by atoms with Gasteiger partial charge in [0, 0.05) is 12.1 Å². The van der Waals surface area contributed by atoms with Gasteiger partial charge < -0.3 is 5.32 Å². The second-order valence-corrected chi connectivity index (χ2v) is 7.33. The Bertz CT molecular complexity index is 569. The summed E-state index contributed by atoms with van der Waals surface area (Å²) in [4.78, 5) is 0. The van der Waals surface area contributed by atoms with Crippen LogP contribution in [0.25, 0.3) is 0 Å². The van der Waals surface area contributed by atoms with E-state index in [-0.39, 0.29) is 6.04 Å². The molecule has 2 unspecified atom stereocenters. The molecule has 1 aromatic carbocycles. The topological polar surface area (TPSA) is 49.4 Å². The molecule has 4 nitrogen and oxygen atoms in total. The molecule has 0 radical (unpaired) electrons. The maximum atomic E-state index is 11.8. The lowest BCUT2D eigenvalue weighted by Crippen LogP contribution is -2.34. The summed E-state index contributed by atoms with van der Waals surface area (Å²) in [6, 6.07) is 6.55. The monoisotopic (exact) mass is 282 g/mol.